The normalized spacial score (nSPS) is 10.1. The van der Waals surface area contributed by atoms with E-state index >= 15 is 0 Å². The monoisotopic (exact) mass is 292 g/mol. The molecule has 0 spiro atoms. The molecule has 0 aromatic heterocycles. The minimum atomic E-state index is 1.08. The topological polar surface area (TPSA) is 24.1 Å². The van der Waals surface area contributed by atoms with Gasteiger partial charge in [-0.1, -0.05) is 36.4 Å². The zero-order chi connectivity index (χ0) is 14.3. The Balaban J connectivity index is 1.59. The fraction of sp³-hybridized carbons (Fsp3) is 0. The van der Waals surface area contributed by atoms with Crippen LogP contribution in [-0.2, 0) is 0 Å². The van der Waals surface area contributed by atoms with Gasteiger partial charge in [-0.2, -0.15) is 0 Å². The molecule has 0 bridgehead atoms. The summed E-state index contributed by atoms with van der Waals surface area (Å²) in [5, 5.41) is 3.37. The molecular formula is C18H16N2S. The molecule has 0 radical (unpaired) electrons. The van der Waals surface area contributed by atoms with Gasteiger partial charge in [0.15, 0.2) is 0 Å². The molecule has 3 rings (SSSR count). The van der Waals surface area contributed by atoms with Crippen LogP contribution in [0.15, 0.2) is 89.8 Å². The molecule has 0 aliphatic heterocycles. The Hall–Kier alpha value is -2.39. The highest BCUT2D eigenvalue weighted by Crippen LogP contribution is 2.23. The van der Waals surface area contributed by atoms with Crippen LogP contribution in [-0.4, -0.2) is 0 Å². The molecule has 0 fully saturated rings. The molecule has 0 amide bonds. The number of benzene rings is 3. The third-order valence-corrected chi connectivity index (χ3v) is 3.82. The average Bonchev–Trinajstić information content (AvgIpc) is 2.56. The van der Waals surface area contributed by atoms with E-state index in [2.05, 4.69) is 58.6 Å². The molecule has 0 heterocycles. The molecular weight excluding hydrogens is 276 g/mol. The van der Waals surface area contributed by atoms with Gasteiger partial charge >= 0.3 is 0 Å². The van der Waals surface area contributed by atoms with Crippen LogP contribution in [0, 0.1) is 0 Å². The van der Waals surface area contributed by atoms with Crippen molar-refractivity contribution >= 4 is 29.0 Å². The summed E-state index contributed by atoms with van der Waals surface area (Å²) in [6.45, 7) is 0. The van der Waals surface area contributed by atoms with Crippen LogP contribution in [0.5, 0.6) is 0 Å². The van der Waals surface area contributed by atoms with Gasteiger partial charge in [-0.05, 0) is 60.5 Å². The van der Waals surface area contributed by atoms with Crippen molar-refractivity contribution in [3.63, 3.8) is 0 Å². The van der Waals surface area contributed by atoms with Gasteiger partial charge in [0.1, 0.15) is 0 Å². The van der Waals surface area contributed by atoms with Crippen LogP contribution in [0.3, 0.4) is 0 Å². The van der Waals surface area contributed by atoms with Crippen molar-refractivity contribution in [3.8, 4) is 0 Å². The summed E-state index contributed by atoms with van der Waals surface area (Å²) in [5.41, 5.74) is 3.26. The lowest BCUT2D eigenvalue weighted by molar-refractivity contribution is 1.46. The molecule has 0 aliphatic carbocycles. The summed E-state index contributed by atoms with van der Waals surface area (Å²) in [6.07, 6.45) is 0. The maximum atomic E-state index is 3.37. The smallest absolute Gasteiger partial charge is 0.0444 e. The third-order valence-electron chi connectivity index (χ3n) is 2.98. The summed E-state index contributed by atoms with van der Waals surface area (Å²) >= 11 is 1.61. The fourth-order valence-corrected chi connectivity index (χ4v) is 2.58. The zero-order valence-corrected chi connectivity index (χ0v) is 12.3. The molecule has 2 N–H and O–H groups in total. The Morgan fingerprint density at radius 1 is 0.524 bits per heavy atom. The van der Waals surface area contributed by atoms with E-state index in [-0.39, 0.29) is 0 Å². The maximum absolute atomic E-state index is 3.37. The van der Waals surface area contributed by atoms with Crippen molar-refractivity contribution in [2.45, 2.75) is 4.90 Å². The lowest BCUT2D eigenvalue weighted by Crippen LogP contribution is -1.90. The average molecular weight is 292 g/mol. The van der Waals surface area contributed by atoms with Crippen LogP contribution in [0.25, 0.3) is 0 Å². The second-order valence-electron chi connectivity index (χ2n) is 4.59. The number of para-hydroxylation sites is 1. The first-order valence-corrected chi connectivity index (χ1v) is 7.62. The van der Waals surface area contributed by atoms with Gasteiger partial charge in [0, 0.05) is 22.0 Å². The Bertz CT molecular complexity index is 667. The first-order valence-electron chi connectivity index (χ1n) is 6.80. The predicted molar refractivity (Wildman–Crippen MR) is 92.1 cm³/mol. The van der Waals surface area contributed by atoms with Gasteiger partial charge < -0.3 is 10.0 Å². The van der Waals surface area contributed by atoms with Gasteiger partial charge in [-0.3, -0.25) is 0 Å². The van der Waals surface area contributed by atoms with Crippen LogP contribution in [0.2, 0.25) is 0 Å². The number of rotatable bonds is 5. The first kappa shape index (κ1) is 13.6. The molecule has 0 saturated heterocycles. The first-order chi connectivity index (χ1) is 10.4. The molecule has 0 saturated carbocycles. The molecule has 0 unspecified atom stereocenters. The second kappa shape index (κ2) is 6.86. The van der Waals surface area contributed by atoms with Crippen LogP contribution in [0.4, 0.5) is 17.1 Å². The number of nitrogens with one attached hydrogen (secondary N) is 2. The molecule has 0 atom stereocenters. The summed E-state index contributed by atoms with van der Waals surface area (Å²) in [6, 6.07) is 28.7. The van der Waals surface area contributed by atoms with Gasteiger partial charge in [0.05, 0.1) is 0 Å². The highest BCUT2D eigenvalue weighted by Gasteiger charge is 1.96. The lowest BCUT2D eigenvalue weighted by atomic mass is 10.2. The summed E-state index contributed by atoms with van der Waals surface area (Å²) in [4.78, 5) is 1.20. The van der Waals surface area contributed by atoms with Crippen LogP contribution < -0.4 is 10.0 Å². The highest BCUT2D eigenvalue weighted by molar-refractivity contribution is 8.00. The van der Waals surface area contributed by atoms with E-state index in [0.29, 0.717) is 0 Å². The number of hydrogen-bond acceptors (Lipinski definition) is 3. The largest absolute Gasteiger partial charge is 0.356 e. The van der Waals surface area contributed by atoms with E-state index in [1.807, 2.05) is 36.4 Å². The van der Waals surface area contributed by atoms with Crippen LogP contribution >= 0.6 is 11.9 Å². The van der Waals surface area contributed by atoms with Crippen molar-refractivity contribution in [2.75, 3.05) is 10.0 Å². The Morgan fingerprint density at radius 3 is 1.71 bits per heavy atom. The maximum Gasteiger partial charge on any atom is 0.0444 e. The minimum absolute atomic E-state index is 1.08. The molecule has 3 aromatic rings. The Labute approximate surface area is 129 Å². The predicted octanol–water partition coefficient (Wildman–Crippen LogP) is 5.55. The molecule has 104 valence electrons. The lowest BCUT2D eigenvalue weighted by Gasteiger charge is -2.08. The second-order valence-corrected chi connectivity index (χ2v) is 5.47. The van der Waals surface area contributed by atoms with Crippen molar-refractivity contribution < 1.29 is 0 Å². The van der Waals surface area contributed by atoms with Gasteiger partial charge in [-0.15, -0.1) is 0 Å². The van der Waals surface area contributed by atoms with E-state index in [4.69, 9.17) is 0 Å². The quantitative estimate of drug-likeness (QED) is 0.603. The SMILES string of the molecule is c1ccc(Nc2ccc(NSc3ccccc3)cc2)cc1. The molecule has 2 nitrogen and oxygen atoms in total. The van der Waals surface area contributed by atoms with E-state index in [1.165, 1.54) is 4.90 Å². The van der Waals surface area contributed by atoms with Crippen LogP contribution in [0.1, 0.15) is 0 Å². The molecule has 3 heteroatoms. The van der Waals surface area contributed by atoms with Gasteiger partial charge in [-0.25, -0.2) is 0 Å². The summed E-state index contributed by atoms with van der Waals surface area (Å²) < 4.78 is 3.34. The zero-order valence-electron chi connectivity index (χ0n) is 11.5. The molecule has 21 heavy (non-hydrogen) atoms. The number of hydrogen-bond donors (Lipinski definition) is 2. The molecule has 0 aliphatic rings. The van der Waals surface area contributed by atoms with Crippen molar-refractivity contribution in [3.05, 3.63) is 84.9 Å². The standard InChI is InChI=1S/C18H16N2S/c1-3-7-15(8-4-1)19-16-11-13-17(14-12-16)20-21-18-9-5-2-6-10-18/h1-14,19-20H. The van der Waals surface area contributed by atoms with Gasteiger partial charge in [0.25, 0.3) is 0 Å². The van der Waals surface area contributed by atoms with E-state index in [9.17, 15) is 0 Å². The minimum Gasteiger partial charge on any atom is -0.356 e. The van der Waals surface area contributed by atoms with E-state index in [1.54, 1.807) is 11.9 Å². The van der Waals surface area contributed by atoms with Crippen molar-refractivity contribution in [1.29, 1.82) is 0 Å². The summed E-state index contributed by atoms with van der Waals surface area (Å²) in [5.74, 6) is 0. The highest BCUT2D eigenvalue weighted by atomic mass is 32.2. The van der Waals surface area contributed by atoms with E-state index < -0.39 is 0 Å². The fourth-order valence-electron chi connectivity index (χ4n) is 1.92. The van der Waals surface area contributed by atoms with Crippen molar-refractivity contribution in [1.82, 2.24) is 0 Å². The third kappa shape index (κ3) is 4.04. The van der Waals surface area contributed by atoms with Gasteiger partial charge in [0.2, 0.25) is 0 Å². The summed E-state index contributed by atoms with van der Waals surface area (Å²) in [7, 11) is 0. The Kier molecular flexibility index (Phi) is 4.44. The van der Waals surface area contributed by atoms with E-state index in [0.717, 1.165) is 17.1 Å². The van der Waals surface area contributed by atoms with Crippen molar-refractivity contribution in [2.24, 2.45) is 0 Å². The molecule has 3 aromatic carbocycles. The Morgan fingerprint density at radius 2 is 1.05 bits per heavy atom. The number of anilines is 3.